The first-order chi connectivity index (χ1) is 10.8. The van der Waals surface area contributed by atoms with Gasteiger partial charge in [0, 0.05) is 13.1 Å². The second kappa shape index (κ2) is 6.38. The van der Waals surface area contributed by atoms with Crippen LogP contribution < -0.4 is 5.14 Å². The number of rotatable bonds is 5. The maximum atomic E-state index is 12.8. The number of hydrogen-bond donors (Lipinski definition) is 1. The zero-order valence-corrected chi connectivity index (χ0v) is 15.9. The van der Waals surface area contributed by atoms with E-state index < -0.39 is 36.9 Å². The first-order valence-corrected chi connectivity index (χ1v) is 10.6. The van der Waals surface area contributed by atoms with Gasteiger partial charge >= 0.3 is 0 Å². The number of sulfonamides is 2. The quantitative estimate of drug-likeness (QED) is 0.831. The summed E-state index contributed by atoms with van der Waals surface area (Å²) in [6.07, 6.45) is 0.441. The Balaban J connectivity index is 2.21. The summed E-state index contributed by atoms with van der Waals surface area (Å²) in [5.41, 5.74) is 0.241. The van der Waals surface area contributed by atoms with Gasteiger partial charge in [-0.15, -0.1) is 0 Å². The molecule has 0 bridgehead atoms. The smallest absolute Gasteiger partial charge is 0.238 e. The largest absolute Gasteiger partial charge is 0.374 e. The first kappa shape index (κ1) is 19.3. The van der Waals surface area contributed by atoms with Crippen molar-refractivity contribution in [2.45, 2.75) is 49.0 Å². The van der Waals surface area contributed by atoms with Crippen molar-refractivity contribution in [1.29, 1.82) is 0 Å². The Hall–Kier alpha value is -1.00. The minimum atomic E-state index is -3.77. The average Bonchev–Trinajstić information content (AvgIpc) is 2.86. The normalized spacial score (nSPS) is 22.7. The zero-order valence-electron chi connectivity index (χ0n) is 14.3. The lowest BCUT2D eigenvalue weighted by Crippen LogP contribution is -2.38. The van der Waals surface area contributed by atoms with Gasteiger partial charge in [0.15, 0.2) is 0 Å². The van der Waals surface area contributed by atoms with E-state index >= 15 is 0 Å². The summed E-state index contributed by atoms with van der Waals surface area (Å²) in [6.45, 7) is 5.68. The molecule has 0 radical (unpaired) electrons. The maximum absolute atomic E-state index is 12.8. The second-order valence-corrected chi connectivity index (χ2v) is 10.6. The summed E-state index contributed by atoms with van der Waals surface area (Å²) >= 11 is 0. The highest BCUT2D eigenvalue weighted by atomic mass is 32.2. The van der Waals surface area contributed by atoms with E-state index in [9.17, 15) is 16.8 Å². The molecule has 1 aromatic carbocycles. The van der Waals surface area contributed by atoms with Gasteiger partial charge in [0.2, 0.25) is 20.0 Å². The molecule has 2 N–H and O–H groups in total. The van der Waals surface area contributed by atoms with Gasteiger partial charge in [-0.25, -0.2) is 22.0 Å². The van der Waals surface area contributed by atoms with Crippen molar-refractivity contribution in [3.8, 4) is 0 Å². The number of nitrogens with zero attached hydrogens (tertiary/aromatic N) is 1. The number of ether oxygens (including phenoxy) is 1. The molecule has 0 aromatic heterocycles. The van der Waals surface area contributed by atoms with Crippen LogP contribution >= 0.6 is 0 Å². The molecule has 1 aromatic rings. The molecule has 1 aliphatic heterocycles. The van der Waals surface area contributed by atoms with Gasteiger partial charge in [0.1, 0.15) is 5.25 Å². The third kappa shape index (κ3) is 3.97. The molecule has 1 heterocycles. The van der Waals surface area contributed by atoms with Crippen molar-refractivity contribution >= 4 is 20.0 Å². The van der Waals surface area contributed by atoms with Crippen LogP contribution in [-0.2, 0) is 24.8 Å². The number of nitrogens with two attached hydrogens (primary N) is 1. The van der Waals surface area contributed by atoms with Crippen molar-refractivity contribution in [3.05, 3.63) is 29.8 Å². The molecule has 0 amide bonds. The Morgan fingerprint density at radius 1 is 1.21 bits per heavy atom. The summed E-state index contributed by atoms with van der Waals surface area (Å²) in [5.74, 6) is 0. The van der Waals surface area contributed by atoms with Crippen LogP contribution in [0.25, 0.3) is 0 Å². The Morgan fingerprint density at radius 3 is 2.17 bits per heavy atom. The summed E-state index contributed by atoms with van der Waals surface area (Å²) in [7, 11) is -5.77. The summed E-state index contributed by atoms with van der Waals surface area (Å²) in [6, 6.07) is 5.47. The van der Waals surface area contributed by atoms with E-state index in [1.165, 1.54) is 23.5 Å². The van der Waals surface area contributed by atoms with Gasteiger partial charge in [-0.2, -0.15) is 4.31 Å². The van der Waals surface area contributed by atoms with E-state index in [0.29, 0.717) is 12.0 Å². The fraction of sp³-hybridized carbons (Fsp3) is 0.600. The molecule has 2 rings (SSSR count). The SMILES string of the molecule is CC(c1ccc(S(N)(=O)=O)cc1)N(C)S(=O)(=O)C1COC(C)(C)C1. The van der Waals surface area contributed by atoms with Gasteiger partial charge in [0.25, 0.3) is 0 Å². The molecule has 0 saturated carbocycles. The minimum Gasteiger partial charge on any atom is -0.374 e. The van der Waals surface area contributed by atoms with E-state index in [0.717, 1.165) is 0 Å². The Labute approximate surface area is 143 Å². The van der Waals surface area contributed by atoms with Crippen LogP contribution in [0, 0.1) is 0 Å². The van der Waals surface area contributed by atoms with Crippen molar-refractivity contribution in [3.63, 3.8) is 0 Å². The summed E-state index contributed by atoms with van der Waals surface area (Å²) in [4.78, 5) is -0.00472. The molecule has 2 atom stereocenters. The fourth-order valence-corrected chi connectivity index (χ4v) is 5.18. The van der Waals surface area contributed by atoms with Crippen LogP contribution in [0.15, 0.2) is 29.2 Å². The van der Waals surface area contributed by atoms with Gasteiger partial charge in [-0.3, -0.25) is 0 Å². The van der Waals surface area contributed by atoms with E-state index in [2.05, 4.69) is 0 Å². The topological polar surface area (TPSA) is 107 Å². The van der Waals surface area contributed by atoms with Gasteiger partial charge < -0.3 is 4.74 Å². The van der Waals surface area contributed by atoms with Crippen LogP contribution in [0.1, 0.15) is 38.8 Å². The lowest BCUT2D eigenvalue weighted by atomic mass is 10.1. The molecule has 9 heteroatoms. The van der Waals surface area contributed by atoms with Crippen molar-refractivity contribution < 1.29 is 21.6 Å². The van der Waals surface area contributed by atoms with Crippen LogP contribution in [-0.4, -0.2) is 45.6 Å². The molecular weight excluding hydrogens is 352 g/mol. The molecule has 2 unspecified atom stereocenters. The fourth-order valence-electron chi connectivity index (χ4n) is 2.78. The van der Waals surface area contributed by atoms with Crippen LogP contribution in [0.3, 0.4) is 0 Å². The Bertz CT molecular complexity index is 801. The third-order valence-corrected chi connectivity index (χ3v) is 7.63. The molecule has 24 heavy (non-hydrogen) atoms. The van der Waals surface area contributed by atoms with E-state index in [1.54, 1.807) is 19.1 Å². The lowest BCUT2D eigenvalue weighted by Gasteiger charge is -2.27. The standard InChI is InChI=1S/C15H24N2O5S2/c1-11(12-5-7-13(8-6-12)23(16,18)19)17(4)24(20,21)14-9-15(2,3)22-10-14/h5-8,11,14H,9-10H2,1-4H3,(H2,16,18,19). The van der Waals surface area contributed by atoms with Crippen LogP contribution in [0.4, 0.5) is 0 Å². The Kier molecular flexibility index (Phi) is 5.14. The molecule has 1 fully saturated rings. The maximum Gasteiger partial charge on any atom is 0.238 e. The van der Waals surface area contributed by atoms with Gasteiger partial charge in [-0.05, 0) is 44.9 Å². The predicted octanol–water partition coefficient (Wildman–Crippen LogP) is 1.22. The lowest BCUT2D eigenvalue weighted by molar-refractivity contribution is 0.0367. The average molecular weight is 377 g/mol. The van der Waals surface area contributed by atoms with E-state index in [-0.39, 0.29) is 11.5 Å². The van der Waals surface area contributed by atoms with E-state index in [1.807, 2.05) is 13.8 Å². The van der Waals surface area contributed by atoms with Gasteiger partial charge in [-0.1, -0.05) is 12.1 Å². The highest BCUT2D eigenvalue weighted by molar-refractivity contribution is 7.89. The first-order valence-electron chi connectivity index (χ1n) is 7.58. The number of benzene rings is 1. The molecule has 0 spiro atoms. The number of primary sulfonamides is 1. The Morgan fingerprint density at radius 2 is 1.75 bits per heavy atom. The monoisotopic (exact) mass is 376 g/mol. The van der Waals surface area contributed by atoms with Crippen molar-refractivity contribution in [2.75, 3.05) is 13.7 Å². The molecule has 136 valence electrons. The van der Waals surface area contributed by atoms with Crippen LogP contribution in [0.2, 0.25) is 0 Å². The minimum absolute atomic E-state index is 0.00472. The molecule has 1 aliphatic rings. The van der Waals surface area contributed by atoms with E-state index in [4.69, 9.17) is 9.88 Å². The summed E-state index contributed by atoms with van der Waals surface area (Å²) < 4.78 is 55.0. The molecule has 0 aliphatic carbocycles. The zero-order chi connectivity index (χ0) is 18.3. The van der Waals surface area contributed by atoms with Gasteiger partial charge in [0.05, 0.1) is 17.1 Å². The highest BCUT2D eigenvalue weighted by Gasteiger charge is 2.42. The van der Waals surface area contributed by atoms with Crippen molar-refractivity contribution in [2.24, 2.45) is 5.14 Å². The number of hydrogen-bond acceptors (Lipinski definition) is 5. The highest BCUT2D eigenvalue weighted by Crippen LogP contribution is 2.33. The molecular formula is C15H24N2O5S2. The molecule has 7 nitrogen and oxygen atoms in total. The predicted molar refractivity (Wildman–Crippen MR) is 91.3 cm³/mol. The second-order valence-electron chi connectivity index (χ2n) is 6.75. The summed E-state index contributed by atoms with van der Waals surface area (Å²) in [5, 5.41) is 4.49. The molecule has 1 saturated heterocycles. The third-order valence-electron chi connectivity index (χ3n) is 4.44. The van der Waals surface area contributed by atoms with Crippen LogP contribution in [0.5, 0.6) is 0 Å². The van der Waals surface area contributed by atoms with Crippen molar-refractivity contribution in [1.82, 2.24) is 4.31 Å².